The molecule has 2 aromatic carbocycles. The van der Waals surface area contributed by atoms with Crippen LogP contribution in [0.1, 0.15) is 39.9 Å². The zero-order valence-corrected chi connectivity index (χ0v) is 16.2. The number of carbonyl (C=O) groups excluding carboxylic acids is 1. The molecule has 4 rings (SSSR count). The lowest BCUT2D eigenvalue weighted by atomic mass is 9.90. The first-order valence-electron chi connectivity index (χ1n) is 9.48. The molecule has 5 heteroatoms. The van der Waals surface area contributed by atoms with E-state index in [1.54, 1.807) is 18.3 Å². The van der Waals surface area contributed by atoms with E-state index in [4.69, 9.17) is 11.6 Å². The number of aromatic nitrogens is 1. The number of aryl methyl sites for hydroxylation is 1. The number of benzene rings is 2. The fraction of sp³-hybridized carbons (Fsp3) is 0.217. The van der Waals surface area contributed by atoms with Gasteiger partial charge in [-0.2, -0.15) is 0 Å². The molecule has 1 aliphatic rings. The van der Waals surface area contributed by atoms with Gasteiger partial charge < -0.3 is 9.88 Å². The summed E-state index contributed by atoms with van der Waals surface area (Å²) in [6.07, 6.45) is 5.97. The van der Waals surface area contributed by atoms with Gasteiger partial charge in [-0.3, -0.25) is 9.59 Å². The van der Waals surface area contributed by atoms with Crippen LogP contribution in [-0.4, -0.2) is 10.5 Å². The van der Waals surface area contributed by atoms with Crippen molar-refractivity contribution in [2.75, 3.05) is 5.32 Å². The van der Waals surface area contributed by atoms with E-state index in [1.165, 1.54) is 28.2 Å². The quantitative estimate of drug-likeness (QED) is 0.700. The van der Waals surface area contributed by atoms with Gasteiger partial charge >= 0.3 is 0 Å². The molecule has 0 fully saturated rings. The topological polar surface area (TPSA) is 51.1 Å². The Morgan fingerprint density at radius 3 is 2.68 bits per heavy atom. The maximum Gasteiger partial charge on any atom is 0.257 e. The zero-order chi connectivity index (χ0) is 19.5. The van der Waals surface area contributed by atoms with Crippen molar-refractivity contribution < 1.29 is 4.79 Å². The van der Waals surface area contributed by atoms with Gasteiger partial charge in [0.15, 0.2) is 0 Å². The van der Waals surface area contributed by atoms with Crippen LogP contribution in [0.15, 0.2) is 65.6 Å². The summed E-state index contributed by atoms with van der Waals surface area (Å²) in [4.78, 5) is 25.1. The van der Waals surface area contributed by atoms with Crippen molar-refractivity contribution in [3.8, 4) is 0 Å². The standard InChI is InChI=1S/C23H21ClN2O2/c24-20-10-4-2-7-17(20)14-26-15-18(12-13-22(26)27)23(28)25-21-11-5-8-16-6-1-3-9-19(16)21/h2,4-5,7-8,10-13,15H,1,3,6,9,14H2,(H,25,28). The summed E-state index contributed by atoms with van der Waals surface area (Å²) < 4.78 is 1.51. The molecule has 1 aliphatic carbocycles. The van der Waals surface area contributed by atoms with E-state index in [-0.39, 0.29) is 11.5 Å². The lowest BCUT2D eigenvalue weighted by Crippen LogP contribution is -2.23. The third kappa shape index (κ3) is 3.87. The Kier molecular flexibility index (Phi) is 5.31. The number of pyridine rings is 1. The minimum atomic E-state index is -0.216. The summed E-state index contributed by atoms with van der Waals surface area (Å²) >= 11 is 6.21. The normalized spacial score (nSPS) is 13.0. The highest BCUT2D eigenvalue weighted by Crippen LogP contribution is 2.28. The Morgan fingerprint density at radius 2 is 1.82 bits per heavy atom. The number of amides is 1. The molecule has 4 nitrogen and oxygen atoms in total. The van der Waals surface area contributed by atoms with E-state index in [9.17, 15) is 9.59 Å². The molecule has 0 saturated heterocycles. The third-order valence-corrected chi connectivity index (χ3v) is 5.56. The summed E-state index contributed by atoms with van der Waals surface area (Å²) in [5, 5.41) is 3.63. The van der Waals surface area contributed by atoms with E-state index >= 15 is 0 Å². The van der Waals surface area contributed by atoms with Crippen molar-refractivity contribution in [2.45, 2.75) is 32.2 Å². The molecule has 0 radical (unpaired) electrons. The number of halogens is 1. The van der Waals surface area contributed by atoms with Crippen molar-refractivity contribution in [3.05, 3.63) is 98.4 Å². The SMILES string of the molecule is O=C(Nc1cccc2c1CCCC2)c1ccc(=O)n(Cc2ccccc2Cl)c1. The maximum absolute atomic E-state index is 12.8. The van der Waals surface area contributed by atoms with Crippen LogP contribution < -0.4 is 10.9 Å². The molecule has 1 aromatic heterocycles. The summed E-state index contributed by atoms with van der Waals surface area (Å²) in [7, 11) is 0. The summed E-state index contributed by atoms with van der Waals surface area (Å²) in [5.41, 5.74) is 4.51. The Bertz CT molecular complexity index is 1090. The van der Waals surface area contributed by atoms with Crippen LogP contribution in [0.25, 0.3) is 0 Å². The van der Waals surface area contributed by atoms with Crippen LogP contribution in [0, 0.1) is 0 Å². The molecule has 1 heterocycles. The fourth-order valence-corrected chi connectivity index (χ4v) is 3.89. The number of hydrogen-bond donors (Lipinski definition) is 1. The summed E-state index contributed by atoms with van der Waals surface area (Å²) in [6.45, 7) is 0.320. The monoisotopic (exact) mass is 392 g/mol. The van der Waals surface area contributed by atoms with E-state index in [0.717, 1.165) is 30.5 Å². The van der Waals surface area contributed by atoms with Crippen molar-refractivity contribution in [1.29, 1.82) is 0 Å². The van der Waals surface area contributed by atoms with Gasteiger partial charge in [-0.05, 0) is 60.6 Å². The third-order valence-electron chi connectivity index (χ3n) is 5.19. The van der Waals surface area contributed by atoms with Gasteiger partial charge in [0.05, 0.1) is 12.1 Å². The summed E-state index contributed by atoms with van der Waals surface area (Å²) in [6, 6.07) is 16.4. The molecule has 1 N–H and O–H groups in total. The van der Waals surface area contributed by atoms with E-state index in [1.807, 2.05) is 30.3 Å². The molecule has 0 spiro atoms. The van der Waals surface area contributed by atoms with Crippen LogP contribution in [0.2, 0.25) is 5.02 Å². The molecule has 0 bridgehead atoms. The number of anilines is 1. The highest BCUT2D eigenvalue weighted by molar-refractivity contribution is 6.31. The van der Waals surface area contributed by atoms with Gasteiger partial charge in [0, 0.05) is 23.0 Å². The number of hydrogen-bond acceptors (Lipinski definition) is 2. The predicted molar refractivity (Wildman–Crippen MR) is 112 cm³/mol. The van der Waals surface area contributed by atoms with Gasteiger partial charge in [0.1, 0.15) is 0 Å². The largest absolute Gasteiger partial charge is 0.322 e. The van der Waals surface area contributed by atoms with Gasteiger partial charge in [-0.1, -0.05) is 41.9 Å². The number of carbonyl (C=O) groups is 1. The first-order chi connectivity index (χ1) is 13.6. The minimum absolute atomic E-state index is 0.173. The van der Waals surface area contributed by atoms with Crippen LogP contribution in [0.3, 0.4) is 0 Å². The smallest absolute Gasteiger partial charge is 0.257 e. The molecule has 0 unspecified atom stereocenters. The lowest BCUT2D eigenvalue weighted by Gasteiger charge is -2.19. The lowest BCUT2D eigenvalue weighted by molar-refractivity contribution is 0.102. The number of nitrogens with one attached hydrogen (secondary N) is 1. The Labute approximate surface area is 168 Å². The van der Waals surface area contributed by atoms with Crippen LogP contribution in [-0.2, 0) is 19.4 Å². The highest BCUT2D eigenvalue weighted by atomic mass is 35.5. The van der Waals surface area contributed by atoms with Crippen LogP contribution in [0.5, 0.6) is 0 Å². The molecule has 0 aliphatic heterocycles. The van der Waals surface area contributed by atoms with Crippen LogP contribution in [0.4, 0.5) is 5.69 Å². The first-order valence-corrected chi connectivity index (χ1v) is 9.85. The average molecular weight is 393 g/mol. The number of fused-ring (bicyclic) bond motifs is 1. The molecule has 1 amide bonds. The minimum Gasteiger partial charge on any atom is -0.322 e. The van der Waals surface area contributed by atoms with Gasteiger partial charge in [-0.25, -0.2) is 0 Å². The predicted octanol–water partition coefficient (Wildman–Crippen LogP) is 4.68. The first kappa shape index (κ1) is 18.5. The fourth-order valence-electron chi connectivity index (χ4n) is 3.69. The van der Waals surface area contributed by atoms with Gasteiger partial charge in [-0.15, -0.1) is 0 Å². The Hall–Kier alpha value is -2.85. The molecule has 28 heavy (non-hydrogen) atoms. The van der Waals surface area contributed by atoms with E-state index in [2.05, 4.69) is 11.4 Å². The number of rotatable bonds is 4. The van der Waals surface area contributed by atoms with E-state index < -0.39 is 0 Å². The van der Waals surface area contributed by atoms with Crippen molar-refractivity contribution >= 4 is 23.2 Å². The van der Waals surface area contributed by atoms with Crippen molar-refractivity contribution in [2.24, 2.45) is 0 Å². The maximum atomic E-state index is 12.8. The molecular weight excluding hydrogens is 372 g/mol. The van der Waals surface area contributed by atoms with E-state index in [0.29, 0.717) is 17.1 Å². The molecule has 0 atom stereocenters. The Morgan fingerprint density at radius 1 is 1.00 bits per heavy atom. The molecule has 0 saturated carbocycles. The van der Waals surface area contributed by atoms with Crippen molar-refractivity contribution in [1.82, 2.24) is 4.57 Å². The van der Waals surface area contributed by atoms with Gasteiger partial charge in [0.25, 0.3) is 11.5 Å². The number of nitrogens with zero attached hydrogens (tertiary/aromatic N) is 1. The highest BCUT2D eigenvalue weighted by Gasteiger charge is 2.16. The summed E-state index contributed by atoms with van der Waals surface area (Å²) in [5.74, 6) is -0.216. The molecule has 142 valence electrons. The molecular formula is C23H21ClN2O2. The second-order valence-electron chi connectivity index (χ2n) is 7.08. The zero-order valence-electron chi connectivity index (χ0n) is 15.5. The van der Waals surface area contributed by atoms with Crippen molar-refractivity contribution in [3.63, 3.8) is 0 Å². The van der Waals surface area contributed by atoms with Gasteiger partial charge in [0.2, 0.25) is 0 Å². The van der Waals surface area contributed by atoms with Crippen LogP contribution >= 0.6 is 11.6 Å². The second-order valence-corrected chi connectivity index (χ2v) is 7.49. The average Bonchev–Trinajstić information content (AvgIpc) is 2.71. The molecule has 3 aromatic rings. The second kappa shape index (κ2) is 8.03. The Balaban J connectivity index is 1.59.